The number of anilines is 2. The molecule has 2 rings (SSSR count). The van der Waals surface area contributed by atoms with E-state index in [1.807, 2.05) is 18.2 Å². The van der Waals surface area contributed by atoms with E-state index in [4.69, 9.17) is 0 Å². The highest BCUT2D eigenvalue weighted by Gasteiger charge is 2.17. The van der Waals surface area contributed by atoms with Crippen molar-refractivity contribution >= 4 is 17.3 Å². The zero-order valence-corrected chi connectivity index (χ0v) is 9.84. The summed E-state index contributed by atoms with van der Waals surface area (Å²) >= 11 is 0. The van der Waals surface area contributed by atoms with E-state index in [0.29, 0.717) is 6.04 Å². The maximum Gasteiger partial charge on any atom is 0.221 e. The number of amides is 1. The lowest BCUT2D eigenvalue weighted by Gasteiger charge is -2.28. The van der Waals surface area contributed by atoms with Gasteiger partial charge in [-0.1, -0.05) is 6.07 Å². The number of carbonyl (C=O) groups is 1. The Hall–Kier alpha value is -1.51. The van der Waals surface area contributed by atoms with Gasteiger partial charge in [-0.05, 0) is 43.9 Å². The van der Waals surface area contributed by atoms with Gasteiger partial charge in [0.1, 0.15) is 0 Å². The van der Waals surface area contributed by atoms with E-state index in [2.05, 4.69) is 17.6 Å². The van der Waals surface area contributed by atoms with Gasteiger partial charge < -0.3 is 10.6 Å². The van der Waals surface area contributed by atoms with Crippen molar-refractivity contribution < 1.29 is 4.79 Å². The Morgan fingerprint density at radius 2 is 2.12 bits per heavy atom. The van der Waals surface area contributed by atoms with Gasteiger partial charge in [-0.2, -0.15) is 0 Å². The Morgan fingerprint density at radius 3 is 2.69 bits per heavy atom. The van der Waals surface area contributed by atoms with Crippen LogP contribution in [0, 0.1) is 6.92 Å². The monoisotopic (exact) mass is 218 g/mol. The van der Waals surface area contributed by atoms with E-state index >= 15 is 0 Å². The molecule has 16 heavy (non-hydrogen) atoms. The average molecular weight is 218 g/mol. The minimum absolute atomic E-state index is 0.0292. The highest BCUT2D eigenvalue weighted by atomic mass is 16.1. The zero-order valence-electron chi connectivity index (χ0n) is 9.84. The van der Waals surface area contributed by atoms with Gasteiger partial charge in [0.15, 0.2) is 0 Å². The van der Waals surface area contributed by atoms with E-state index in [0.717, 1.165) is 11.4 Å². The fraction of sp³-hybridized carbons (Fsp3) is 0.462. The third kappa shape index (κ3) is 2.54. The summed E-state index contributed by atoms with van der Waals surface area (Å²) in [7, 11) is 0. The Morgan fingerprint density at radius 1 is 1.38 bits per heavy atom. The van der Waals surface area contributed by atoms with E-state index < -0.39 is 0 Å². The van der Waals surface area contributed by atoms with Crippen LogP contribution in [0.2, 0.25) is 0 Å². The Labute approximate surface area is 96.2 Å². The van der Waals surface area contributed by atoms with E-state index in [1.165, 1.54) is 31.7 Å². The third-order valence-electron chi connectivity index (χ3n) is 3.02. The van der Waals surface area contributed by atoms with Gasteiger partial charge in [-0.25, -0.2) is 0 Å². The van der Waals surface area contributed by atoms with Gasteiger partial charge in [-0.15, -0.1) is 0 Å². The first-order valence-electron chi connectivity index (χ1n) is 5.80. The molecule has 1 aliphatic rings. The van der Waals surface area contributed by atoms with Gasteiger partial charge in [0.2, 0.25) is 5.91 Å². The highest BCUT2D eigenvalue weighted by molar-refractivity contribution is 5.89. The molecule has 1 aromatic carbocycles. The molecule has 86 valence electrons. The molecule has 3 heteroatoms. The topological polar surface area (TPSA) is 41.1 Å². The molecule has 0 heterocycles. The van der Waals surface area contributed by atoms with Crippen molar-refractivity contribution in [3.05, 3.63) is 23.8 Å². The zero-order chi connectivity index (χ0) is 11.5. The Balaban J connectivity index is 2.11. The van der Waals surface area contributed by atoms with Crippen LogP contribution in [0.5, 0.6) is 0 Å². The van der Waals surface area contributed by atoms with Gasteiger partial charge in [0.25, 0.3) is 0 Å². The van der Waals surface area contributed by atoms with E-state index in [1.54, 1.807) is 0 Å². The van der Waals surface area contributed by atoms with Gasteiger partial charge in [0, 0.05) is 24.3 Å². The van der Waals surface area contributed by atoms with Crippen molar-refractivity contribution in [3.63, 3.8) is 0 Å². The van der Waals surface area contributed by atoms with Crippen LogP contribution in [0.4, 0.5) is 11.4 Å². The summed E-state index contributed by atoms with van der Waals surface area (Å²) in [5.74, 6) is -0.0292. The molecular formula is C13H18N2O. The quantitative estimate of drug-likeness (QED) is 0.819. The van der Waals surface area contributed by atoms with Crippen LogP contribution in [0.15, 0.2) is 18.2 Å². The molecular weight excluding hydrogens is 200 g/mol. The number of hydrogen-bond acceptors (Lipinski definition) is 2. The summed E-state index contributed by atoms with van der Waals surface area (Å²) in [4.78, 5) is 11.0. The van der Waals surface area contributed by atoms with Crippen molar-refractivity contribution in [2.75, 3.05) is 10.6 Å². The summed E-state index contributed by atoms with van der Waals surface area (Å²) in [6, 6.07) is 6.59. The molecule has 3 nitrogen and oxygen atoms in total. The second-order valence-corrected chi connectivity index (χ2v) is 4.48. The largest absolute Gasteiger partial charge is 0.382 e. The molecule has 0 saturated heterocycles. The summed E-state index contributed by atoms with van der Waals surface area (Å²) < 4.78 is 0. The molecule has 2 N–H and O–H groups in total. The maximum atomic E-state index is 11.0. The minimum Gasteiger partial charge on any atom is -0.382 e. The van der Waals surface area contributed by atoms with Crippen LogP contribution >= 0.6 is 0 Å². The molecule has 0 spiro atoms. The lowest BCUT2D eigenvalue weighted by molar-refractivity contribution is -0.114. The van der Waals surface area contributed by atoms with Gasteiger partial charge in [0.05, 0.1) is 0 Å². The first kappa shape index (κ1) is 11.0. The van der Waals surface area contributed by atoms with Crippen molar-refractivity contribution in [3.8, 4) is 0 Å². The summed E-state index contributed by atoms with van der Waals surface area (Å²) in [6.45, 7) is 3.61. The smallest absolute Gasteiger partial charge is 0.221 e. The summed E-state index contributed by atoms with van der Waals surface area (Å²) in [5, 5.41) is 6.31. The fourth-order valence-corrected chi connectivity index (χ4v) is 1.83. The van der Waals surface area contributed by atoms with Crippen LogP contribution in [-0.2, 0) is 4.79 Å². The van der Waals surface area contributed by atoms with E-state index in [9.17, 15) is 4.79 Å². The molecule has 0 atom stereocenters. The van der Waals surface area contributed by atoms with Crippen LogP contribution in [0.25, 0.3) is 0 Å². The molecule has 1 amide bonds. The molecule has 1 aromatic rings. The SMILES string of the molecule is CC(=O)Nc1ccc(C)c(NC2CCC2)c1. The maximum absolute atomic E-state index is 11.0. The van der Waals surface area contributed by atoms with Crippen LogP contribution < -0.4 is 10.6 Å². The average Bonchev–Trinajstić information content (AvgIpc) is 2.15. The number of nitrogens with one attached hydrogen (secondary N) is 2. The molecule has 0 aliphatic heterocycles. The molecule has 0 bridgehead atoms. The van der Waals surface area contributed by atoms with Crippen molar-refractivity contribution in [2.45, 2.75) is 39.2 Å². The van der Waals surface area contributed by atoms with Crippen molar-refractivity contribution in [2.24, 2.45) is 0 Å². The molecule has 0 aromatic heterocycles. The highest BCUT2D eigenvalue weighted by Crippen LogP contribution is 2.27. The predicted octanol–water partition coefficient (Wildman–Crippen LogP) is 2.92. The first-order chi connectivity index (χ1) is 7.65. The van der Waals surface area contributed by atoms with Crippen molar-refractivity contribution in [1.82, 2.24) is 0 Å². The summed E-state index contributed by atoms with van der Waals surface area (Å²) in [5.41, 5.74) is 3.22. The second kappa shape index (κ2) is 4.56. The Kier molecular flexibility index (Phi) is 3.13. The standard InChI is InChI=1S/C13H18N2O/c1-9-6-7-12(14-10(2)16)8-13(9)15-11-4-3-5-11/h6-8,11,15H,3-5H2,1-2H3,(H,14,16). The number of aryl methyl sites for hydroxylation is 1. The van der Waals surface area contributed by atoms with E-state index in [-0.39, 0.29) is 5.91 Å². The Bertz CT molecular complexity index is 397. The number of hydrogen-bond donors (Lipinski definition) is 2. The number of rotatable bonds is 3. The molecule has 0 unspecified atom stereocenters. The molecule has 1 aliphatic carbocycles. The lowest BCUT2D eigenvalue weighted by Crippen LogP contribution is -2.27. The predicted molar refractivity (Wildman–Crippen MR) is 66.7 cm³/mol. The first-order valence-corrected chi connectivity index (χ1v) is 5.80. The molecule has 0 radical (unpaired) electrons. The van der Waals surface area contributed by atoms with Crippen LogP contribution in [0.3, 0.4) is 0 Å². The van der Waals surface area contributed by atoms with Crippen LogP contribution in [0.1, 0.15) is 31.7 Å². The summed E-state index contributed by atoms with van der Waals surface area (Å²) in [6.07, 6.45) is 3.83. The number of benzene rings is 1. The third-order valence-corrected chi connectivity index (χ3v) is 3.02. The minimum atomic E-state index is -0.0292. The fourth-order valence-electron chi connectivity index (χ4n) is 1.83. The van der Waals surface area contributed by atoms with Gasteiger partial charge >= 0.3 is 0 Å². The van der Waals surface area contributed by atoms with Gasteiger partial charge in [-0.3, -0.25) is 4.79 Å². The lowest BCUT2D eigenvalue weighted by atomic mass is 9.92. The van der Waals surface area contributed by atoms with Crippen LogP contribution in [-0.4, -0.2) is 11.9 Å². The normalized spacial score (nSPS) is 15.4. The molecule has 1 saturated carbocycles. The molecule has 1 fully saturated rings. The van der Waals surface area contributed by atoms with Crippen molar-refractivity contribution in [1.29, 1.82) is 0 Å². The second-order valence-electron chi connectivity index (χ2n) is 4.48. The number of carbonyl (C=O) groups excluding carboxylic acids is 1.